The summed E-state index contributed by atoms with van der Waals surface area (Å²) in [4.78, 5) is 37.9. The maximum Gasteiger partial charge on any atom is 0.306 e. The van der Waals surface area contributed by atoms with Crippen molar-refractivity contribution < 1.29 is 28.6 Å². The molecule has 0 spiro atoms. The summed E-state index contributed by atoms with van der Waals surface area (Å²) in [6.07, 6.45) is 77.3. The Bertz CT molecular complexity index is 1500. The molecule has 0 aliphatic carbocycles. The van der Waals surface area contributed by atoms with Crippen LogP contribution in [0.2, 0.25) is 0 Å². The predicted molar refractivity (Wildman–Crippen MR) is 292 cm³/mol. The number of hydrogen-bond donors (Lipinski definition) is 0. The summed E-state index contributed by atoms with van der Waals surface area (Å²) in [5.74, 6) is -0.974. The first kappa shape index (κ1) is 63.5. The Labute approximate surface area is 417 Å². The lowest BCUT2D eigenvalue weighted by Gasteiger charge is -2.18. The first-order chi connectivity index (χ1) is 33.5. The van der Waals surface area contributed by atoms with Crippen LogP contribution in [-0.4, -0.2) is 37.2 Å². The molecular formula is C62H98O6. The summed E-state index contributed by atoms with van der Waals surface area (Å²) in [5, 5.41) is 0. The molecule has 0 bridgehead atoms. The Balaban J connectivity index is 4.41. The van der Waals surface area contributed by atoms with Gasteiger partial charge < -0.3 is 14.2 Å². The Morgan fingerprint density at radius 1 is 0.309 bits per heavy atom. The Morgan fingerprint density at radius 2 is 0.574 bits per heavy atom. The summed E-state index contributed by atoms with van der Waals surface area (Å²) < 4.78 is 16.7. The Morgan fingerprint density at radius 3 is 0.912 bits per heavy atom. The molecule has 0 N–H and O–H groups in total. The summed E-state index contributed by atoms with van der Waals surface area (Å²) in [6, 6.07) is 0. The lowest BCUT2D eigenvalue weighted by atomic mass is 10.1. The molecule has 68 heavy (non-hydrogen) atoms. The summed E-state index contributed by atoms with van der Waals surface area (Å²) in [7, 11) is 0. The molecule has 0 saturated heterocycles. The zero-order chi connectivity index (χ0) is 49.3. The van der Waals surface area contributed by atoms with E-state index >= 15 is 0 Å². The first-order valence-corrected chi connectivity index (χ1v) is 27.2. The highest BCUT2D eigenvalue weighted by Gasteiger charge is 2.19. The predicted octanol–water partition coefficient (Wildman–Crippen LogP) is 18.3. The van der Waals surface area contributed by atoms with E-state index in [1.807, 2.05) is 0 Å². The second-order valence-electron chi connectivity index (χ2n) is 17.4. The number of carbonyl (C=O) groups excluding carboxylic acids is 3. The van der Waals surface area contributed by atoms with Crippen molar-refractivity contribution in [3.63, 3.8) is 0 Å². The molecule has 0 heterocycles. The molecule has 0 aliphatic heterocycles. The van der Waals surface area contributed by atoms with Gasteiger partial charge in [-0.25, -0.2) is 0 Å². The molecule has 0 amide bonds. The van der Waals surface area contributed by atoms with Crippen LogP contribution in [0.1, 0.15) is 220 Å². The number of rotatable bonds is 47. The average molecular weight is 939 g/mol. The molecule has 0 aromatic carbocycles. The van der Waals surface area contributed by atoms with Crippen molar-refractivity contribution in [2.24, 2.45) is 0 Å². The summed E-state index contributed by atoms with van der Waals surface area (Å²) in [5.41, 5.74) is 0. The van der Waals surface area contributed by atoms with Crippen molar-refractivity contribution in [2.75, 3.05) is 13.2 Å². The van der Waals surface area contributed by atoms with E-state index in [-0.39, 0.29) is 37.5 Å². The standard InChI is InChI=1S/C62H98O6/c1-4-7-10-13-16-19-21-23-25-27-29-30-31-32-34-35-37-39-41-43-46-49-52-55-61(64)67-58-59(57-66-60(63)54-51-48-45-18-15-12-9-6-3)68-62(65)56-53-50-47-44-42-40-38-36-33-28-26-24-22-20-17-14-11-8-5-2/h7-8,10-11,16-17,19-20,23-26,29-30,32-34,36-37,39-40,42,59H,4-6,9,12-15,18,21-22,27-28,31,35,38,41,43-58H2,1-3H3/b10-7-,11-8-,19-16-,20-17-,25-23-,26-24-,30-29-,34-32-,36-33-,39-37-,42-40-. The first-order valence-electron chi connectivity index (χ1n) is 27.2. The fourth-order valence-electron chi connectivity index (χ4n) is 6.88. The maximum atomic E-state index is 12.8. The van der Waals surface area contributed by atoms with E-state index in [1.54, 1.807) is 0 Å². The average Bonchev–Trinajstić information content (AvgIpc) is 3.34. The zero-order valence-electron chi connectivity index (χ0n) is 43.6. The topological polar surface area (TPSA) is 78.9 Å². The minimum Gasteiger partial charge on any atom is -0.462 e. The van der Waals surface area contributed by atoms with Crippen LogP contribution in [0.25, 0.3) is 0 Å². The highest BCUT2D eigenvalue weighted by molar-refractivity contribution is 5.71. The molecule has 0 aromatic heterocycles. The summed E-state index contributed by atoms with van der Waals surface area (Å²) >= 11 is 0. The molecule has 0 radical (unpaired) electrons. The van der Waals surface area contributed by atoms with Gasteiger partial charge in [-0.15, -0.1) is 0 Å². The van der Waals surface area contributed by atoms with Crippen molar-refractivity contribution in [3.05, 3.63) is 134 Å². The third-order valence-electron chi connectivity index (χ3n) is 10.9. The van der Waals surface area contributed by atoms with Gasteiger partial charge in [0.05, 0.1) is 0 Å². The van der Waals surface area contributed by atoms with Crippen LogP contribution in [0.4, 0.5) is 0 Å². The van der Waals surface area contributed by atoms with Crippen molar-refractivity contribution in [3.8, 4) is 0 Å². The number of carbonyl (C=O) groups is 3. The fourth-order valence-corrected chi connectivity index (χ4v) is 6.88. The molecular weight excluding hydrogens is 841 g/mol. The van der Waals surface area contributed by atoms with E-state index in [1.165, 1.54) is 32.1 Å². The van der Waals surface area contributed by atoms with Crippen molar-refractivity contribution in [1.82, 2.24) is 0 Å². The van der Waals surface area contributed by atoms with E-state index in [2.05, 4.69) is 154 Å². The molecule has 6 heteroatoms. The lowest BCUT2D eigenvalue weighted by molar-refractivity contribution is -0.167. The number of unbranched alkanes of at least 4 members (excludes halogenated alkanes) is 14. The van der Waals surface area contributed by atoms with Crippen LogP contribution in [-0.2, 0) is 28.6 Å². The number of esters is 3. The van der Waals surface area contributed by atoms with Gasteiger partial charge in [0.1, 0.15) is 13.2 Å². The summed E-state index contributed by atoms with van der Waals surface area (Å²) in [6.45, 7) is 6.31. The van der Waals surface area contributed by atoms with Crippen LogP contribution < -0.4 is 0 Å². The molecule has 0 aliphatic rings. The van der Waals surface area contributed by atoms with Gasteiger partial charge in [0.15, 0.2) is 6.10 Å². The van der Waals surface area contributed by atoms with E-state index in [0.717, 1.165) is 141 Å². The SMILES string of the molecule is CC/C=C\C/C=C\C/C=C\C/C=C\C/C=C\C/C=C\CCCCCCC(=O)OCC(COC(=O)CCCCCCCCCC)OC(=O)CCCCC/C=C\C/C=C\C/C=C\C/C=C\C/C=C\CC. The quantitative estimate of drug-likeness (QED) is 0.0262. The minimum atomic E-state index is -0.809. The van der Waals surface area contributed by atoms with Gasteiger partial charge in [-0.2, -0.15) is 0 Å². The molecule has 1 unspecified atom stereocenters. The highest BCUT2D eigenvalue weighted by Crippen LogP contribution is 2.13. The largest absolute Gasteiger partial charge is 0.462 e. The zero-order valence-corrected chi connectivity index (χ0v) is 43.6. The van der Waals surface area contributed by atoms with Gasteiger partial charge >= 0.3 is 17.9 Å². The second kappa shape index (κ2) is 55.1. The molecule has 0 fully saturated rings. The van der Waals surface area contributed by atoms with Crippen LogP contribution >= 0.6 is 0 Å². The number of allylic oxidation sites excluding steroid dienone is 22. The van der Waals surface area contributed by atoms with E-state index in [0.29, 0.717) is 19.3 Å². The second-order valence-corrected chi connectivity index (χ2v) is 17.4. The van der Waals surface area contributed by atoms with Crippen LogP contribution in [0.3, 0.4) is 0 Å². The van der Waals surface area contributed by atoms with Gasteiger partial charge in [-0.3, -0.25) is 14.4 Å². The molecule has 0 rings (SSSR count). The van der Waals surface area contributed by atoms with Crippen LogP contribution in [0.15, 0.2) is 134 Å². The lowest BCUT2D eigenvalue weighted by Crippen LogP contribution is -2.30. The normalized spacial score (nSPS) is 13.2. The minimum absolute atomic E-state index is 0.104. The van der Waals surface area contributed by atoms with Crippen molar-refractivity contribution in [1.29, 1.82) is 0 Å². The van der Waals surface area contributed by atoms with Gasteiger partial charge in [-0.05, 0) is 116 Å². The monoisotopic (exact) mass is 939 g/mol. The van der Waals surface area contributed by atoms with E-state index in [9.17, 15) is 14.4 Å². The maximum absolute atomic E-state index is 12.8. The van der Waals surface area contributed by atoms with Crippen LogP contribution in [0, 0.1) is 0 Å². The third kappa shape index (κ3) is 52.5. The van der Waals surface area contributed by atoms with Crippen LogP contribution in [0.5, 0.6) is 0 Å². The Hall–Kier alpha value is -4.45. The van der Waals surface area contributed by atoms with Gasteiger partial charge in [0.2, 0.25) is 0 Å². The fraction of sp³-hybridized carbons (Fsp3) is 0.597. The van der Waals surface area contributed by atoms with E-state index in [4.69, 9.17) is 14.2 Å². The molecule has 382 valence electrons. The Kier molecular flexibility index (Phi) is 51.5. The highest BCUT2D eigenvalue weighted by atomic mass is 16.6. The number of hydrogen-bond acceptors (Lipinski definition) is 6. The van der Waals surface area contributed by atoms with E-state index < -0.39 is 6.10 Å². The molecule has 0 saturated carbocycles. The van der Waals surface area contributed by atoms with Crippen molar-refractivity contribution >= 4 is 17.9 Å². The van der Waals surface area contributed by atoms with Crippen molar-refractivity contribution in [2.45, 2.75) is 226 Å². The van der Waals surface area contributed by atoms with Gasteiger partial charge in [0, 0.05) is 19.3 Å². The molecule has 6 nitrogen and oxygen atoms in total. The number of ether oxygens (including phenoxy) is 3. The molecule has 1 atom stereocenters. The smallest absolute Gasteiger partial charge is 0.306 e. The van der Waals surface area contributed by atoms with Gasteiger partial charge in [-0.1, -0.05) is 219 Å². The van der Waals surface area contributed by atoms with Gasteiger partial charge in [0.25, 0.3) is 0 Å². The molecule has 0 aromatic rings. The third-order valence-corrected chi connectivity index (χ3v) is 10.9.